The Kier molecular flexibility index (Phi) is 5.27. The van der Waals surface area contributed by atoms with Gasteiger partial charge in [0, 0.05) is 12.0 Å². The van der Waals surface area contributed by atoms with E-state index >= 15 is 0 Å². The number of carbonyl (C=O) groups excluding carboxylic acids is 2. The molecule has 162 valence electrons. The van der Waals surface area contributed by atoms with Gasteiger partial charge in [-0.2, -0.15) is 0 Å². The molecule has 2 unspecified atom stereocenters. The fourth-order valence-electron chi connectivity index (χ4n) is 4.12. The summed E-state index contributed by atoms with van der Waals surface area (Å²) in [6.45, 7) is 2.12. The van der Waals surface area contributed by atoms with Gasteiger partial charge in [0.25, 0.3) is 5.91 Å². The standard InChI is InChI=1S/C26H23NO5/c1-16(28)20-6-2-3-7-21(20)17-10-11-22-18(12-17)13-19(31-22)14-27-26(29)25-15-30-23-8-4-5-9-24(23)32-25/h2-12,19,25H,13-15H2,1H3,(H,27,29). The molecular formula is C26H23NO5. The third-order valence-electron chi connectivity index (χ3n) is 5.72. The molecule has 5 rings (SSSR count). The second kappa shape index (κ2) is 8.38. The number of para-hydroxylation sites is 2. The van der Waals surface area contributed by atoms with Crippen LogP contribution in [0, 0.1) is 0 Å². The van der Waals surface area contributed by atoms with Crippen molar-refractivity contribution in [2.24, 2.45) is 0 Å². The first-order valence-corrected chi connectivity index (χ1v) is 10.6. The number of Topliss-reactive ketones (excluding diaryl/α,β-unsaturated/α-hetero) is 1. The number of benzene rings is 3. The van der Waals surface area contributed by atoms with E-state index in [1.54, 1.807) is 13.0 Å². The van der Waals surface area contributed by atoms with Gasteiger partial charge < -0.3 is 19.5 Å². The average molecular weight is 429 g/mol. The molecule has 1 amide bonds. The lowest BCUT2D eigenvalue weighted by Crippen LogP contribution is -2.46. The van der Waals surface area contributed by atoms with E-state index in [-0.39, 0.29) is 24.4 Å². The van der Waals surface area contributed by atoms with Gasteiger partial charge in [-0.25, -0.2) is 0 Å². The molecule has 2 aliphatic rings. The lowest BCUT2D eigenvalue weighted by molar-refractivity contribution is -0.130. The molecule has 0 bridgehead atoms. The molecule has 6 nitrogen and oxygen atoms in total. The van der Waals surface area contributed by atoms with Crippen LogP contribution in [0.1, 0.15) is 22.8 Å². The molecule has 2 aliphatic heterocycles. The Labute approximate surface area is 186 Å². The first kappa shape index (κ1) is 20.1. The van der Waals surface area contributed by atoms with Crippen molar-refractivity contribution in [1.29, 1.82) is 0 Å². The van der Waals surface area contributed by atoms with Gasteiger partial charge in [0.05, 0.1) is 6.54 Å². The van der Waals surface area contributed by atoms with Crippen LogP contribution in [0.4, 0.5) is 0 Å². The van der Waals surface area contributed by atoms with Crippen molar-refractivity contribution in [2.45, 2.75) is 25.6 Å². The fourth-order valence-corrected chi connectivity index (χ4v) is 4.12. The van der Waals surface area contributed by atoms with Crippen molar-refractivity contribution in [3.05, 3.63) is 77.9 Å². The van der Waals surface area contributed by atoms with E-state index in [1.165, 1.54) is 0 Å². The number of hydrogen-bond donors (Lipinski definition) is 1. The van der Waals surface area contributed by atoms with Crippen LogP contribution in [0.3, 0.4) is 0 Å². The summed E-state index contributed by atoms with van der Waals surface area (Å²) in [5.41, 5.74) is 3.65. The SMILES string of the molecule is CC(=O)c1ccccc1-c1ccc2c(c1)CC(CNC(=O)C1COc3ccccc3O1)O2. The minimum absolute atomic E-state index is 0.0365. The molecule has 0 saturated carbocycles. The molecule has 0 radical (unpaired) electrons. The van der Waals surface area contributed by atoms with Crippen molar-refractivity contribution in [2.75, 3.05) is 13.2 Å². The van der Waals surface area contributed by atoms with Crippen molar-refractivity contribution in [3.63, 3.8) is 0 Å². The van der Waals surface area contributed by atoms with Crippen molar-refractivity contribution >= 4 is 11.7 Å². The van der Waals surface area contributed by atoms with Gasteiger partial charge in [-0.05, 0) is 47.9 Å². The van der Waals surface area contributed by atoms with Crippen LogP contribution in [0.25, 0.3) is 11.1 Å². The van der Waals surface area contributed by atoms with E-state index in [1.807, 2.05) is 54.6 Å². The van der Waals surface area contributed by atoms with Crippen molar-refractivity contribution < 1.29 is 23.8 Å². The molecule has 1 N–H and O–H groups in total. The van der Waals surface area contributed by atoms with Crippen LogP contribution in [0.5, 0.6) is 17.2 Å². The van der Waals surface area contributed by atoms with Gasteiger partial charge >= 0.3 is 0 Å². The number of hydrogen-bond acceptors (Lipinski definition) is 5. The maximum Gasteiger partial charge on any atom is 0.264 e. The number of ether oxygens (including phenoxy) is 3. The Hall–Kier alpha value is -3.80. The normalized spacial score (nSPS) is 18.4. The molecule has 3 aromatic carbocycles. The van der Waals surface area contributed by atoms with E-state index < -0.39 is 6.10 Å². The largest absolute Gasteiger partial charge is 0.488 e. The highest BCUT2D eigenvalue weighted by Gasteiger charge is 2.29. The summed E-state index contributed by atoms with van der Waals surface area (Å²) in [5.74, 6) is 1.83. The number of fused-ring (bicyclic) bond motifs is 2. The summed E-state index contributed by atoms with van der Waals surface area (Å²) in [6, 6.07) is 20.9. The maximum absolute atomic E-state index is 12.6. The maximum atomic E-state index is 12.6. The van der Waals surface area contributed by atoms with Gasteiger partial charge in [-0.1, -0.05) is 42.5 Å². The predicted octanol–water partition coefficient (Wildman–Crippen LogP) is 3.82. The fraction of sp³-hybridized carbons (Fsp3) is 0.231. The number of carbonyl (C=O) groups is 2. The lowest BCUT2D eigenvalue weighted by Gasteiger charge is -2.25. The highest BCUT2D eigenvalue weighted by molar-refractivity contribution is 6.00. The monoisotopic (exact) mass is 429 g/mol. The molecule has 2 heterocycles. The molecule has 32 heavy (non-hydrogen) atoms. The summed E-state index contributed by atoms with van der Waals surface area (Å²) in [7, 11) is 0. The van der Waals surface area contributed by atoms with E-state index in [2.05, 4.69) is 11.4 Å². The second-order valence-corrected chi connectivity index (χ2v) is 7.98. The average Bonchev–Trinajstić information content (AvgIpc) is 3.24. The molecule has 2 atom stereocenters. The van der Waals surface area contributed by atoms with Gasteiger partial charge in [0.1, 0.15) is 18.5 Å². The highest BCUT2D eigenvalue weighted by Crippen LogP contribution is 2.34. The van der Waals surface area contributed by atoms with Gasteiger partial charge in [-0.3, -0.25) is 9.59 Å². The third-order valence-corrected chi connectivity index (χ3v) is 5.72. The Morgan fingerprint density at radius 2 is 1.72 bits per heavy atom. The van der Waals surface area contributed by atoms with E-state index in [0.717, 1.165) is 22.4 Å². The first-order valence-electron chi connectivity index (χ1n) is 10.6. The molecule has 6 heteroatoms. The van der Waals surface area contributed by atoms with Gasteiger partial charge in [-0.15, -0.1) is 0 Å². The summed E-state index contributed by atoms with van der Waals surface area (Å²) < 4.78 is 17.4. The Bertz CT molecular complexity index is 1190. The van der Waals surface area contributed by atoms with Gasteiger partial charge in [0.15, 0.2) is 17.3 Å². The molecule has 0 saturated heterocycles. The number of rotatable bonds is 5. The number of nitrogens with one attached hydrogen (secondary N) is 1. The Morgan fingerprint density at radius 3 is 2.56 bits per heavy atom. The summed E-state index contributed by atoms with van der Waals surface area (Å²) in [5, 5.41) is 2.92. The summed E-state index contributed by atoms with van der Waals surface area (Å²) in [4.78, 5) is 24.6. The van der Waals surface area contributed by atoms with E-state index in [9.17, 15) is 9.59 Å². The molecule has 0 fully saturated rings. The zero-order chi connectivity index (χ0) is 22.1. The minimum atomic E-state index is -0.691. The lowest BCUT2D eigenvalue weighted by atomic mass is 9.95. The highest BCUT2D eigenvalue weighted by atomic mass is 16.6. The van der Waals surface area contributed by atoms with Crippen LogP contribution < -0.4 is 19.5 Å². The van der Waals surface area contributed by atoms with E-state index in [0.29, 0.717) is 30.0 Å². The molecule has 0 aromatic heterocycles. The van der Waals surface area contributed by atoms with Crippen LogP contribution in [-0.2, 0) is 11.2 Å². The minimum Gasteiger partial charge on any atom is -0.488 e. The van der Waals surface area contributed by atoms with Crippen molar-refractivity contribution in [1.82, 2.24) is 5.32 Å². The van der Waals surface area contributed by atoms with Crippen molar-refractivity contribution in [3.8, 4) is 28.4 Å². The Balaban J connectivity index is 1.22. The first-order chi connectivity index (χ1) is 15.6. The second-order valence-electron chi connectivity index (χ2n) is 7.98. The predicted molar refractivity (Wildman–Crippen MR) is 119 cm³/mol. The van der Waals surface area contributed by atoms with Crippen LogP contribution in [0.2, 0.25) is 0 Å². The smallest absolute Gasteiger partial charge is 0.264 e. The molecular weight excluding hydrogens is 406 g/mol. The van der Waals surface area contributed by atoms with E-state index in [4.69, 9.17) is 14.2 Å². The van der Waals surface area contributed by atoms with Gasteiger partial charge in [0.2, 0.25) is 6.10 Å². The number of ketones is 1. The molecule has 3 aromatic rings. The summed E-state index contributed by atoms with van der Waals surface area (Å²) >= 11 is 0. The van der Waals surface area contributed by atoms with Crippen LogP contribution in [0.15, 0.2) is 66.7 Å². The molecule has 0 spiro atoms. The topological polar surface area (TPSA) is 73.9 Å². The zero-order valence-corrected chi connectivity index (χ0v) is 17.7. The van der Waals surface area contributed by atoms with Crippen LogP contribution >= 0.6 is 0 Å². The molecule has 0 aliphatic carbocycles. The zero-order valence-electron chi connectivity index (χ0n) is 17.7. The Morgan fingerprint density at radius 1 is 0.938 bits per heavy atom. The third kappa shape index (κ3) is 3.91. The van der Waals surface area contributed by atoms with Crippen LogP contribution in [-0.4, -0.2) is 37.0 Å². The quantitative estimate of drug-likeness (QED) is 0.625. The number of amides is 1. The summed E-state index contributed by atoms with van der Waals surface area (Å²) in [6.07, 6.45) is -0.177.